The molecule has 1 amide bonds. The molecule has 0 bridgehead atoms. The third kappa shape index (κ3) is 6.33. The van der Waals surface area contributed by atoms with E-state index in [1.807, 2.05) is 6.07 Å². The number of nitrogens with one attached hydrogen (secondary N) is 2. The summed E-state index contributed by atoms with van der Waals surface area (Å²) in [4.78, 5) is 16.3. The molecule has 1 saturated heterocycles. The fourth-order valence-corrected chi connectivity index (χ4v) is 4.77. The molecule has 0 saturated carbocycles. The first kappa shape index (κ1) is 22.4. The maximum Gasteiger partial charge on any atom is 0.240 e. The molecule has 3 N–H and O–H groups in total. The zero-order valence-electron chi connectivity index (χ0n) is 16.6. The first-order valence-electron chi connectivity index (χ1n) is 9.98. The van der Waals surface area contributed by atoms with Gasteiger partial charge in [-0.1, -0.05) is 24.3 Å². The number of hydrogen-bond acceptors (Lipinski definition) is 6. The van der Waals surface area contributed by atoms with Crippen molar-refractivity contribution in [3.63, 3.8) is 0 Å². The molecule has 8 nitrogen and oxygen atoms in total. The molecule has 3 rings (SSSR count). The van der Waals surface area contributed by atoms with Crippen molar-refractivity contribution in [3.8, 4) is 0 Å². The summed E-state index contributed by atoms with van der Waals surface area (Å²) in [5, 5.41) is 12.5. The van der Waals surface area contributed by atoms with E-state index in [0.29, 0.717) is 31.5 Å². The Labute approximate surface area is 176 Å². The van der Waals surface area contributed by atoms with Crippen LogP contribution in [0.5, 0.6) is 0 Å². The first-order valence-corrected chi connectivity index (χ1v) is 11.5. The summed E-state index contributed by atoms with van der Waals surface area (Å²) in [6.07, 6.45) is 2.84. The summed E-state index contributed by atoms with van der Waals surface area (Å²) in [6, 6.07) is 13.0. The number of rotatable bonds is 9. The lowest BCUT2D eigenvalue weighted by molar-refractivity contribution is -0.121. The van der Waals surface area contributed by atoms with Gasteiger partial charge in [-0.15, -0.1) is 0 Å². The summed E-state index contributed by atoms with van der Waals surface area (Å²) < 4.78 is 33.6. The Morgan fingerprint density at radius 3 is 2.60 bits per heavy atom. The highest BCUT2D eigenvalue weighted by Crippen LogP contribution is 2.23. The van der Waals surface area contributed by atoms with Gasteiger partial charge in [-0.3, -0.25) is 9.78 Å². The molecule has 1 fully saturated rings. The molecule has 1 aromatic heterocycles. The largest absolute Gasteiger partial charge is 0.394 e. The third-order valence-corrected chi connectivity index (χ3v) is 6.52. The molecule has 1 aliphatic rings. The Balaban J connectivity index is 1.45. The van der Waals surface area contributed by atoms with Crippen LogP contribution in [0.2, 0.25) is 0 Å². The minimum atomic E-state index is -3.68. The van der Waals surface area contributed by atoms with Gasteiger partial charge in [-0.25, -0.2) is 13.1 Å². The molecule has 2 aromatic rings. The Bertz CT molecular complexity index is 909. The molecule has 1 aliphatic heterocycles. The predicted octanol–water partition coefficient (Wildman–Crippen LogP) is 1.02. The van der Waals surface area contributed by atoms with Gasteiger partial charge in [-0.05, 0) is 43.5 Å². The summed E-state index contributed by atoms with van der Waals surface area (Å²) in [6.45, 7) is 0.152. The Morgan fingerprint density at radius 1 is 1.13 bits per heavy atom. The van der Waals surface area contributed by atoms with E-state index in [9.17, 15) is 18.3 Å². The minimum Gasteiger partial charge on any atom is -0.394 e. The van der Waals surface area contributed by atoms with Gasteiger partial charge < -0.3 is 15.2 Å². The highest BCUT2D eigenvalue weighted by Gasteiger charge is 2.33. The maximum atomic E-state index is 12.5. The molecule has 2 heterocycles. The summed E-state index contributed by atoms with van der Waals surface area (Å²) in [7, 11) is -3.68. The normalized spacial score (nSPS) is 21.8. The van der Waals surface area contributed by atoms with Crippen molar-refractivity contribution in [1.29, 1.82) is 0 Å². The molecule has 1 aromatic carbocycles. The van der Waals surface area contributed by atoms with Crippen LogP contribution < -0.4 is 10.0 Å². The van der Waals surface area contributed by atoms with E-state index in [2.05, 4.69) is 15.0 Å². The number of carbonyl (C=O) groups excluding carboxylic acids is 1. The number of aliphatic hydroxyl groups excluding tert-OH is 1. The number of pyridine rings is 1. The van der Waals surface area contributed by atoms with Crippen molar-refractivity contribution < 1.29 is 23.1 Å². The van der Waals surface area contributed by atoms with Crippen LogP contribution in [0.1, 0.15) is 25.0 Å². The third-order valence-electron chi connectivity index (χ3n) is 5.01. The van der Waals surface area contributed by atoms with Crippen molar-refractivity contribution in [2.24, 2.45) is 0 Å². The Kier molecular flexibility index (Phi) is 7.92. The Hall–Kier alpha value is -2.33. The number of sulfonamides is 1. The van der Waals surface area contributed by atoms with Crippen LogP contribution in [0.25, 0.3) is 0 Å². The van der Waals surface area contributed by atoms with Gasteiger partial charge >= 0.3 is 0 Å². The second-order valence-corrected chi connectivity index (χ2v) is 8.95. The standard InChI is InChI=1S/C21H27N3O5S/c25-15-20-19(24-30(27,28)18-7-2-1-3-8-18)10-9-17(29-20)11-13-23-21(26)14-16-6-4-5-12-22-16/h1-8,12,17,19-20,24-25H,9-11,13-15H2,(H,23,26)/t17-,19-,20+/m0/s1. The van der Waals surface area contributed by atoms with Crippen molar-refractivity contribution in [2.45, 2.75) is 48.8 Å². The summed E-state index contributed by atoms with van der Waals surface area (Å²) in [5.41, 5.74) is 0.706. The fraction of sp³-hybridized carbons (Fsp3) is 0.429. The first-order chi connectivity index (χ1) is 14.5. The number of carbonyl (C=O) groups is 1. The summed E-state index contributed by atoms with van der Waals surface area (Å²) in [5.74, 6) is -0.114. The molecular weight excluding hydrogens is 406 g/mol. The SMILES string of the molecule is O=C(Cc1ccccn1)NCC[C@@H]1CC[C@H](NS(=O)(=O)c2ccccc2)[C@@H](CO)O1. The number of ether oxygens (including phenoxy) is 1. The second-order valence-electron chi connectivity index (χ2n) is 7.23. The molecule has 30 heavy (non-hydrogen) atoms. The van der Waals surface area contributed by atoms with Gasteiger partial charge in [0.25, 0.3) is 0 Å². The van der Waals surface area contributed by atoms with E-state index in [4.69, 9.17) is 4.74 Å². The van der Waals surface area contributed by atoms with Gasteiger partial charge in [0.2, 0.25) is 15.9 Å². The number of benzene rings is 1. The van der Waals surface area contributed by atoms with Gasteiger partial charge in [-0.2, -0.15) is 0 Å². The van der Waals surface area contributed by atoms with Gasteiger partial charge in [0.05, 0.1) is 36.2 Å². The number of nitrogens with zero attached hydrogens (tertiary/aromatic N) is 1. The van der Waals surface area contributed by atoms with Crippen LogP contribution in [-0.4, -0.2) is 55.8 Å². The monoisotopic (exact) mass is 433 g/mol. The number of aromatic nitrogens is 1. The molecule has 0 aliphatic carbocycles. The van der Waals surface area contributed by atoms with Crippen molar-refractivity contribution >= 4 is 15.9 Å². The van der Waals surface area contributed by atoms with Gasteiger partial charge in [0.15, 0.2) is 0 Å². The Morgan fingerprint density at radius 2 is 1.90 bits per heavy atom. The maximum absolute atomic E-state index is 12.5. The summed E-state index contributed by atoms with van der Waals surface area (Å²) >= 11 is 0. The van der Waals surface area contributed by atoms with Crippen LogP contribution in [0.15, 0.2) is 59.6 Å². The van der Waals surface area contributed by atoms with E-state index in [1.54, 1.807) is 36.5 Å². The van der Waals surface area contributed by atoms with E-state index in [-0.39, 0.29) is 29.9 Å². The molecule has 3 atom stereocenters. The van der Waals surface area contributed by atoms with Crippen LogP contribution in [0.3, 0.4) is 0 Å². The van der Waals surface area contributed by atoms with Crippen LogP contribution in [0, 0.1) is 0 Å². The fourth-order valence-electron chi connectivity index (χ4n) is 3.45. The zero-order valence-corrected chi connectivity index (χ0v) is 17.4. The van der Waals surface area contributed by atoms with Crippen molar-refractivity contribution in [1.82, 2.24) is 15.0 Å². The van der Waals surface area contributed by atoms with Crippen LogP contribution in [0.4, 0.5) is 0 Å². The second kappa shape index (κ2) is 10.6. The smallest absolute Gasteiger partial charge is 0.240 e. The van der Waals surface area contributed by atoms with E-state index in [1.165, 1.54) is 12.1 Å². The average Bonchev–Trinajstić information content (AvgIpc) is 2.76. The van der Waals surface area contributed by atoms with Gasteiger partial charge in [0.1, 0.15) is 0 Å². The number of aliphatic hydroxyl groups is 1. The molecule has 0 unspecified atom stereocenters. The number of amides is 1. The lowest BCUT2D eigenvalue weighted by atomic mass is 9.98. The van der Waals surface area contributed by atoms with Gasteiger partial charge in [0, 0.05) is 18.4 Å². The number of hydrogen-bond donors (Lipinski definition) is 3. The highest BCUT2D eigenvalue weighted by molar-refractivity contribution is 7.89. The minimum absolute atomic E-state index is 0.114. The lowest BCUT2D eigenvalue weighted by Gasteiger charge is -2.36. The molecule has 0 spiro atoms. The van der Waals surface area contributed by atoms with E-state index in [0.717, 1.165) is 0 Å². The van der Waals surface area contributed by atoms with E-state index < -0.39 is 22.2 Å². The highest BCUT2D eigenvalue weighted by atomic mass is 32.2. The van der Waals surface area contributed by atoms with E-state index >= 15 is 0 Å². The van der Waals surface area contributed by atoms with Crippen LogP contribution >= 0.6 is 0 Å². The lowest BCUT2D eigenvalue weighted by Crippen LogP contribution is -2.51. The quantitative estimate of drug-likeness (QED) is 0.543. The predicted molar refractivity (Wildman–Crippen MR) is 111 cm³/mol. The van der Waals surface area contributed by atoms with Crippen molar-refractivity contribution in [3.05, 3.63) is 60.4 Å². The average molecular weight is 434 g/mol. The molecule has 9 heteroatoms. The molecular formula is C21H27N3O5S. The van der Waals surface area contributed by atoms with Crippen LogP contribution in [-0.2, 0) is 26.0 Å². The topological polar surface area (TPSA) is 118 Å². The zero-order chi connectivity index (χ0) is 21.4. The molecule has 0 radical (unpaired) electrons. The van der Waals surface area contributed by atoms with Crippen molar-refractivity contribution in [2.75, 3.05) is 13.2 Å². The molecule has 162 valence electrons.